The first-order chi connectivity index (χ1) is 4.63. The van der Waals surface area contributed by atoms with Crippen LogP contribution in [0.2, 0.25) is 0 Å². The minimum atomic E-state index is -0.347. The second-order valence-electron chi connectivity index (χ2n) is 1.83. The Kier molecular flexibility index (Phi) is 1.76. The number of anilines is 1. The van der Waals surface area contributed by atoms with Crippen LogP contribution in [-0.2, 0) is 7.05 Å². The quantitative estimate of drug-likeness (QED) is 0.653. The molecule has 0 fully saturated rings. The highest BCUT2D eigenvalue weighted by molar-refractivity contribution is 9.10. The van der Waals surface area contributed by atoms with Gasteiger partial charge in [0.05, 0.1) is 10.7 Å². The molecule has 0 aliphatic rings. The number of hydrogen-bond donors (Lipinski definition) is 1. The van der Waals surface area contributed by atoms with Gasteiger partial charge in [-0.15, -0.1) is 0 Å². The zero-order valence-corrected chi connectivity index (χ0v) is 6.92. The fourth-order valence-electron chi connectivity index (χ4n) is 0.528. The van der Waals surface area contributed by atoms with E-state index in [0.717, 1.165) is 0 Å². The summed E-state index contributed by atoms with van der Waals surface area (Å²) in [5, 5.41) is 0. The Bertz CT molecular complexity index is 306. The van der Waals surface area contributed by atoms with Crippen LogP contribution in [0.3, 0.4) is 0 Å². The molecule has 1 rings (SSSR count). The van der Waals surface area contributed by atoms with Crippen molar-refractivity contribution in [2.45, 2.75) is 0 Å². The maximum Gasteiger partial charge on any atom is 0.348 e. The molecule has 1 aromatic heterocycles. The van der Waals surface area contributed by atoms with E-state index >= 15 is 0 Å². The van der Waals surface area contributed by atoms with Gasteiger partial charge in [-0.05, 0) is 15.9 Å². The summed E-state index contributed by atoms with van der Waals surface area (Å²) in [7, 11) is 1.56. The summed E-state index contributed by atoms with van der Waals surface area (Å²) < 4.78 is 1.90. The highest BCUT2D eigenvalue weighted by Gasteiger charge is 1.99. The molecular weight excluding hydrogens is 198 g/mol. The van der Waals surface area contributed by atoms with Gasteiger partial charge in [-0.3, -0.25) is 4.57 Å². The van der Waals surface area contributed by atoms with Crippen LogP contribution in [0, 0.1) is 0 Å². The molecule has 4 nitrogen and oxygen atoms in total. The van der Waals surface area contributed by atoms with E-state index in [1.165, 1.54) is 10.8 Å². The van der Waals surface area contributed by atoms with E-state index < -0.39 is 0 Å². The Labute approximate surface area is 65.8 Å². The van der Waals surface area contributed by atoms with E-state index in [9.17, 15) is 4.79 Å². The van der Waals surface area contributed by atoms with Crippen molar-refractivity contribution in [1.29, 1.82) is 0 Å². The fraction of sp³-hybridized carbons (Fsp3) is 0.200. The van der Waals surface area contributed by atoms with Gasteiger partial charge in [0.25, 0.3) is 0 Å². The van der Waals surface area contributed by atoms with Crippen molar-refractivity contribution < 1.29 is 0 Å². The molecule has 0 amide bonds. The van der Waals surface area contributed by atoms with Crippen molar-refractivity contribution in [3.8, 4) is 0 Å². The molecule has 0 aromatic carbocycles. The highest BCUT2D eigenvalue weighted by atomic mass is 79.9. The normalized spacial score (nSPS) is 9.80. The average Bonchev–Trinajstić information content (AvgIpc) is 1.93. The lowest BCUT2D eigenvalue weighted by atomic mass is 10.6. The number of nitrogens with zero attached hydrogens (tertiary/aromatic N) is 2. The first-order valence-electron chi connectivity index (χ1n) is 2.60. The second kappa shape index (κ2) is 2.42. The molecule has 0 bridgehead atoms. The molecule has 1 heterocycles. The molecule has 2 N–H and O–H groups in total. The standard InChI is InChI=1S/C5H6BrN3O/c1-9-4(7)3(6)2-8-5(9)10/h2H,7H2,1H3. The van der Waals surface area contributed by atoms with Gasteiger partial charge in [0.2, 0.25) is 0 Å². The van der Waals surface area contributed by atoms with Crippen LogP contribution in [0.25, 0.3) is 0 Å². The SMILES string of the molecule is Cn1c(N)c(Br)cnc1=O. The number of nitrogens with two attached hydrogens (primary N) is 1. The average molecular weight is 204 g/mol. The van der Waals surface area contributed by atoms with Gasteiger partial charge in [0.15, 0.2) is 0 Å². The minimum absolute atomic E-state index is 0.347. The lowest BCUT2D eigenvalue weighted by Crippen LogP contribution is -2.22. The summed E-state index contributed by atoms with van der Waals surface area (Å²) in [6.45, 7) is 0. The molecule has 1 aromatic rings. The molecule has 0 aliphatic carbocycles. The predicted octanol–water partition coefficient (Wildman–Crippen LogP) is 0.125. The Morgan fingerprint density at radius 1 is 1.80 bits per heavy atom. The molecule has 0 radical (unpaired) electrons. The summed E-state index contributed by atoms with van der Waals surface area (Å²) in [5.41, 5.74) is 5.11. The summed E-state index contributed by atoms with van der Waals surface area (Å²) in [6.07, 6.45) is 1.39. The van der Waals surface area contributed by atoms with Crippen LogP contribution in [0.4, 0.5) is 5.82 Å². The number of rotatable bonds is 0. The van der Waals surface area contributed by atoms with Gasteiger partial charge in [-0.25, -0.2) is 9.78 Å². The number of halogens is 1. The first kappa shape index (κ1) is 7.27. The number of nitrogen functional groups attached to an aromatic ring is 1. The fourth-order valence-corrected chi connectivity index (χ4v) is 0.896. The summed E-state index contributed by atoms with van der Waals surface area (Å²) in [5.74, 6) is 0.389. The Morgan fingerprint density at radius 2 is 2.40 bits per heavy atom. The molecule has 0 unspecified atom stereocenters. The van der Waals surface area contributed by atoms with Gasteiger partial charge in [0.1, 0.15) is 5.82 Å². The van der Waals surface area contributed by atoms with Gasteiger partial charge < -0.3 is 5.73 Å². The molecule has 0 spiro atoms. The van der Waals surface area contributed by atoms with Crippen molar-refractivity contribution in [1.82, 2.24) is 9.55 Å². The van der Waals surface area contributed by atoms with E-state index in [2.05, 4.69) is 20.9 Å². The smallest absolute Gasteiger partial charge is 0.348 e. The van der Waals surface area contributed by atoms with Crippen LogP contribution >= 0.6 is 15.9 Å². The van der Waals surface area contributed by atoms with E-state index in [1.807, 2.05) is 0 Å². The van der Waals surface area contributed by atoms with Crippen LogP contribution in [0.15, 0.2) is 15.5 Å². The molecule has 0 saturated carbocycles. The van der Waals surface area contributed by atoms with Crippen molar-refractivity contribution in [2.75, 3.05) is 5.73 Å². The lowest BCUT2D eigenvalue weighted by Gasteiger charge is -2.01. The van der Waals surface area contributed by atoms with Crippen LogP contribution < -0.4 is 11.4 Å². The van der Waals surface area contributed by atoms with Gasteiger partial charge in [-0.2, -0.15) is 0 Å². The summed E-state index contributed by atoms with van der Waals surface area (Å²) >= 11 is 3.13. The third kappa shape index (κ3) is 1.04. The van der Waals surface area contributed by atoms with E-state index in [-0.39, 0.29) is 5.69 Å². The van der Waals surface area contributed by atoms with Gasteiger partial charge in [-0.1, -0.05) is 0 Å². The zero-order valence-electron chi connectivity index (χ0n) is 5.34. The van der Waals surface area contributed by atoms with Crippen molar-refractivity contribution in [3.05, 3.63) is 21.2 Å². The Hall–Kier alpha value is -0.840. The monoisotopic (exact) mass is 203 g/mol. The number of aromatic nitrogens is 2. The van der Waals surface area contributed by atoms with E-state index in [4.69, 9.17) is 5.73 Å². The van der Waals surface area contributed by atoms with Crippen LogP contribution in [0.5, 0.6) is 0 Å². The molecule has 5 heteroatoms. The molecule has 0 aliphatic heterocycles. The third-order valence-electron chi connectivity index (χ3n) is 1.18. The van der Waals surface area contributed by atoms with Crippen molar-refractivity contribution in [2.24, 2.45) is 7.05 Å². The minimum Gasteiger partial charge on any atom is -0.384 e. The summed E-state index contributed by atoms with van der Waals surface area (Å²) in [6, 6.07) is 0. The Morgan fingerprint density at radius 3 is 2.90 bits per heavy atom. The van der Waals surface area contributed by atoms with E-state index in [1.54, 1.807) is 7.05 Å². The molecule has 0 atom stereocenters. The molecule has 0 saturated heterocycles. The molecular formula is C5H6BrN3O. The van der Waals surface area contributed by atoms with Crippen LogP contribution in [-0.4, -0.2) is 9.55 Å². The summed E-state index contributed by atoms with van der Waals surface area (Å²) in [4.78, 5) is 14.3. The lowest BCUT2D eigenvalue weighted by molar-refractivity contribution is 0.819. The van der Waals surface area contributed by atoms with Crippen molar-refractivity contribution in [3.63, 3.8) is 0 Å². The largest absolute Gasteiger partial charge is 0.384 e. The molecule has 54 valence electrons. The highest BCUT2D eigenvalue weighted by Crippen LogP contribution is 2.12. The first-order valence-corrected chi connectivity index (χ1v) is 3.39. The molecule has 10 heavy (non-hydrogen) atoms. The number of hydrogen-bond acceptors (Lipinski definition) is 3. The van der Waals surface area contributed by atoms with Crippen molar-refractivity contribution >= 4 is 21.7 Å². The van der Waals surface area contributed by atoms with Gasteiger partial charge >= 0.3 is 5.69 Å². The zero-order chi connectivity index (χ0) is 7.72. The van der Waals surface area contributed by atoms with Gasteiger partial charge in [0, 0.05) is 7.05 Å². The van der Waals surface area contributed by atoms with Crippen LogP contribution in [0.1, 0.15) is 0 Å². The predicted molar refractivity (Wildman–Crippen MR) is 41.6 cm³/mol. The van der Waals surface area contributed by atoms with E-state index in [0.29, 0.717) is 10.3 Å². The second-order valence-corrected chi connectivity index (χ2v) is 2.69. The third-order valence-corrected chi connectivity index (χ3v) is 1.79. The Balaban J connectivity index is 3.49. The maximum absolute atomic E-state index is 10.7. The maximum atomic E-state index is 10.7. The topological polar surface area (TPSA) is 60.9 Å².